The monoisotopic (exact) mass is 399 g/mol. The Hall–Kier alpha value is -3.11. The Labute approximate surface area is 177 Å². The van der Waals surface area contributed by atoms with Crippen LogP contribution < -0.4 is 5.62 Å². The molecule has 0 bridgehead atoms. The normalized spacial score (nSPS) is 12.4. The summed E-state index contributed by atoms with van der Waals surface area (Å²) >= 11 is 0. The second kappa shape index (κ2) is 8.72. The van der Waals surface area contributed by atoms with Crippen LogP contribution in [0.5, 0.6) is 0 Å². The molecule has 0 saturated carbocycles. The molecule has 0 aliphatic heterocycles. The van der Waals surface area contributed by atoms with Gasteiger partial charge in [0, 0.05) is 0 Å². The summed E-state index contributed by atoms with van der Waals surface area (Å²) in [5, 5.41) is 19.1. The molecule has 154 valence electrons. The standard InChI is InChI=1S/C26H29N3O/c1-19-7-11-21(12-8-19)15-16-23(18-30)29-25-6-4-3-5-24(25)28(26(29)27)17-22-13-9-20(2)10-14-22/h3-14,23,27,30H,15-18H2,1-2H3. The molecule has 4 nitrogen and oxygen atoms in total. The molecule has 4 aromatic rings. The minimum absolute atomic E-state index is 0.0148. The van der Waals surface area contributed by atoms with Gasteiger partial charge in [0.25, 0.3) is 0 Å². The zero-order chi connectivity index (χ0) is 21.1. The van der Waals surface area contributed by atoms with Crippen molar-refractivity contribution < 1.29 is 5.11 Å². The van der Waals surface area contributed by atoms with E-state index in [-0.39, 0.29) is 12.6 Å². The lowest BCUT2D eigenvalue weighted by molar-refractivity contribution is 0.219. The lowest BCUT2D eigenvalue weighted by atomic mass is 10.0. The summed E-state index contributed by atoms with van der Waals surface area (Å²) in [6, 6.07) is 25.0. The van der Waals surface area contributed by atoms with Crippen molar-refractivity contribution in [1.82, 2.24) is 9.13 Å². The number of nitrogens with one attached hydrogen (secondary N) is 1. The summed E-state index contributed by atoms with van der Waals surface area (Å²) in [5.74, 6) is 0. The zero-order valence-electron chi connectivity index (χ0n) is 17.7. The summed E-state index contributed by atoms with van der Waals surface area (Å²) in [6.45, 7) is 4.83. The van der Waals surface area contributed by atoms with Crippen molar-refractivity contribution in [3.05, 3.63) is 101 Å². The summed E-state index contributed by atoms with van der Waals surface area (Å²) in [4.78, 5) is 0. The van der Waals surface area contributed by atoms with Crippen molar-refractivity contribution in [2.45, 2.75) is 39.3 Å². The summed E-state index contributed by atoms with van der Waals surface area (Å²) in [5.41, 5.74) is 7.36. The van der Waals surface area contributed by atoms with E-state index < -0.39 is 0 Å². The zero-order valence-corrected chi connectivity index (χ0v) is 17.7. The average Bonchev–Trinajstić information content (AvgIpc) is 3.03. The average molecular weight is 400 g/mol. The number of rotatable bonds is 7. The molecule has 2 N–H and O–H groups in total. The number of para-hydroxylation sites is 2. The number of fused-ring (bicyclic) bond motifs is 1. The maximum atomic E-state index is 10.2. The highest BCUT2D eigenvalue weighted by atomic mass is 16.3. The molecule has 1 heterocycles. The number of hydrogen-bond acceptors (Lipinski definition) is 2. The van der Waals surface area contributed by atoms with E-state index in [1.807, 2.05) is 27.3 Å². The van der Waals surface area contributed by atoms with Crippen LogP contribution in [-0.2, 0) is 13.0 Å². The van der Waals surface area contributed by atoms with Crippen LogP contribution in [-0.4, -0.2) is 20.8 Å². The van der Waals surface area contributed by atoms with E-state index in [0.29, 0.717) is 12.2 Å². The number of benzene rings is 3. The molecule has 1 atom stereocenters. The Bertz CT molecular complexity index is 1180. The maximum Gasteiger partial charge on any atom is 0.203 e. The van der Waals surface area contributed by atoms with E-state index in [0.717, 1.165) is 23.9 Å². The van der Waals surface area contributed by atoms with Crippen molar-refractivity contribution in [2.75, 3.05) is 6.61 Å². The molecule has 0 aliphatic carbocycles. The van der Waals surface area contributed by atoms with Crippen LogP contribution in [0.1, 0.15) is 34.7 Å². The molecule has 0 aliphatic rings. The maximum absolute atomic E-state index is 10.2. The minimum atomic E-state index is -0.136. The van der Waals surface area contributed by atoms with Gasteiger partial charge in [0.15, 0.2) is 0 Å². The largest absolute Gasteiger partial charge is 0.394 e. The highest BCUT2D eigenvalue weighted by Crippen LogP contribution is 2.22. The van der Waals surface area contributed by atoms with Gasteiger partial charge >= 0.3 is 0 Å². The third-order valence-corrected chi connectivity index (χ3v) is 5.84. The number of aliphatic hydroxyl groups excluding tert-OH is 1. The Balaban J connectivity index is 1.68. The van der Waals surface area contributed by atoms with Gasteiger partial charge < -0.3 is 14.2 Å². The van der Waals surface area contributed by atoms with Gasteiger partial charge in [-0.3, -0.25) is 5.41 Å². The van der Waals surface area contributed by atoms with E-state index in [4.69, 9.17) is 5.41 Å². The highest BCUT2D eigenvalue weighted by molar-refractivity contribution is 5.76. The second-order valence-electron chi connectivity index (χ2n) is 8.11. The van der Waals surface area contributed by atoms with Crippen LogP contribution in [0.15, 0.2) is 72.8 Å². The second-order valence-corrected chi connectivity index (χ2v) is 8.11. The first-order chi connectivity index (χ1) is 14.6. The van der Waals surface area contributed by atoms with Gasteiger partial charge in [-0.05, 0) is 49.9 Å². The molecule has 0 radical (unpaired) electrons. The van der Waals surface area contributed by atoms with E-state index in [1.54, 1.807) is 0 Å². The molecule has 0 amide bonds. The summed E-state index contributed by atoms with van der Waals surface area (Å²) in [7, 11) is 0. The SMILES string of the molecule is Cc1ccc(CCC(CO)n2c(=N)n(Cc3ccc(C)cc3)c3ccccc32)cc1. The van der Waals surface area contributed by atoms with Crippen molar-refractivity contribution in [3.63, 3.8) is 0 Å². The van der Waals surface area contributed by atoms with E-state index in [9.17, 15) is 5.11 Å². The third-order valence-electron chi connectivity index (χ3n) is 5.84. The van der Waals surface area contributed by atoms with Crippen LogP contribution in [0.25, 0.3) is 11.0 Å². The molecule has 0 fully saturated rings. The first kappa shape index (κ1) is 20.2. The van der Waals surface area contributed by atoms with Gasteiger partial charge in [-0.15, -0.1) is 0 Å². The first-order valence-corrected chi connectivity index (χ1v) is 10.5. The molecule has 3 aromatic carbocycles. The van der Waals surface area contributed by atoms with Crippen molar-refractivity contribution in [1.29, 1.82) is 5.41 Å². The Morgan fingerprint density at radius 1 is 0.800 bits per heavy atom. The highest BCUT2D eigenvalue weighted by Gasteiger charge is 2.18. The summed E-state index contributed by atoms with van der Waals surface area (Å²) in [6.07, 6.45) is 1.66. The number of imidazole rings is 1. The van der Waals surface area contributed by atoms with Gasteiger partial charge in [-0.1, -0.05) is 71.8 Å². The van der Waals surface area contributed by atoms with Crippen molar-refractivity contribution in [2.24, 2.45) is 0 Å². The molecule has 4 heteroatoms. The predicted molar refractivity (Wildman–Crippen MR) is 122 cm³/mol. The van der Waals surface area contributed by atoms with Gasteiger partial charge in [0.05, 0.1) is 30.2 Å². The number of aromatic nitrogens is 2. The van der Waals surface area contributed by atoms with Crippen molar-refractivity contribution >= 4 is 11.0 Å². The molecule has 4 rings (SSSR count). The number of nitrogens with zero attached hydrogens (tertiary/aromatic N) is 2. The number of aliphatic hydroxyl groups is 1. The van der Waals surface area contributed by atoms with Gasteiger partial charge in [-0.25, -0.2) is 0 Å². The van der Waals surface area contributed by atoms with E-state index in [1.165, 1.54) is 22.3 Å². The van der Waals surface area contributed by atoms with Crippen LogP contribution >= 0.6 is 0 Å². The minimum Gasteiger partial charge on any atom is -0.394 e. The molecule has 0 saturated heterocycles. The lowest BCUT2D eigenvalue weighted by Crippen LogP contribution is -2.30. The topological polar surface area (TPSA) is 53.9 Å². The quantitative estimate of drug-likeness (QED) is 0.463. The first-order valence-electron chi connectivity index (χ1n) is 10.5. The van der Waals surface area contributed by atoms with Crippen LogP contribution in [0.4, 0.5) is 0 Å². The number of hydrogen-bond donors (Lipinski definition) is 2. The van der Waals surface area contributed by atoms with Crippen molar-refractivity contribution in [3.8, 4) is 0 Å². The fourth-order valence-corrected chi connectivity index (χ4v) is 4.05. The van der Waals surface area contributed by atoms with E-state index >= 15 is 0 Å². The summed E-state index contributed by atoms with van der Waals surface area (Å²) < 4.78 is 4.03. The molecule has 1 aromatic heterocycles. The predicted octanol–water partition coefficient (Wildman–Crippen LogP) is 4.75. The fraction of sp³-hybridized carbons (Fsp3) is 0.269. The molecule has 1 unspecified atom stereocenters. The fourth-order valence-electron chi connectivity index (χ4n) is 4.05. The van der Waals surface area contributed by atoms with Crippen LogP contribution in [0.3, 0.4) is 0 Å². The van der Waals surface area contributed by atoms with Gasteiger partial charge in [0.1, 0.15) is 0 Å². The van der Waals surface area contributed by atoms with Crippen LogP contribution in [0.2, 0.25) is 0 Å². The molecular weight excluding hydrogens is 370 g/mol. The smallest absolute Gasteiger partial charge is 0.203 e. The Morgan fingerprint density at radius 3 is 1.97 bits per heavy atom. The molecular formula is C26H29N3O. The Morgan fingerprint density at radius 2 is 1.37 bits per heavy atom. The third kappa shape index (κ3) is 4.10. The number of aryl methyl sites for hydroxylation is 3. The molecule has 30 heavy (non-hydrogen) atoms. The van der Waals surface area contributed by atoms with Gasteiger partial charge in [-0.2, -0.15) is 0 Å². The Kier molecular flexibility index (Phi) is 5.86. The van der Waals surface area contributed by atoms with E-state index in [2.05, 4.69) is 68.4 Å². The lowest BCUT2D eigenvalue weighted by Gasteiger charge is -2.17. The molecule has 0 spiro atoms. The van der Waals surface area contributed by atoms with Gasteiger partial charge in [0.2, 0.25) is 5.62 Å². The van der Waals surface area contributed by atoms with Crippen LogP contribution in [0, 0.1) is 19.3 Å².